The molecular formula is C15H16N2O4. The van der Waals surface area contributed by atoms with E-state index in [1.807, 2.05) is 30.3 Å². The minimum absolute atomic E-state index is 0.0426. The highest BCUT2D eigenvalue weighted by Crippen LogP contribution is 2.09. The third kappa shape index (κ3) is 3.92. The van der Waals surface area contributed by atoms with Gasteiger partial charge in [-0.25, -0.2) is 4.79 Å². The first-order valence-corrected chi connectivity index (χ1v) is 6.57. The Balaban J connectivity index is 1.98. The van der Waals surface area contributed by atoms with Crippen LogP contribution in [-0.4, -0.2) is 28.2 Å². The fourth-order valence-electron chi connectivity index (χ4n) is 1.95. The van der Waals surface area contributed by atoms with E-state index in [9.17, 15) is 14.7 Å². The molecule has 0 saturated carbocycles. The zero-order chi connectivity index (χ0) is 15.2. The second-order valence-electron chi connectivity index (χ2n) is 4.73. The number of nitrogens with zero attached hydrogens (tertiary/aromatic N) is 1. The third-order valence-electron chi connectivity index (χ3n) is 3.12. The summed E-state index contributed by atoms with van der Waals surface area (Å²) in [5, 5.41) is 15.2. The highest BCUT2D eigenvalue weighted by molar-refractivity contribution is 5.95. The molecule has 6 heteroatoms. The molecular weight excluding hydrogens is 272 g/mol. The Bertz CT molecular complexity index is 622. The molecule has 0 saturated heterocycles. The number of aryl methyl sites for hydroxylation is 2. The van der Waals surface area contributed by atoms with Crippen LogP contribution in [0.15, 0.2) is 41.1 Å². The van der Waals surface area contributed by atoms with Crippen LogP contribution >= 0.6 is 0 Å². The Kier molecular flexibility index (Phi) is 4.71. The van der Waals surface area contributed by atoms with Crippen molar-refractivity contribution in [3.63, 3.8) is 0 Å². The molecule has 2 aromatic rings. The van der Waals surface area contributed by atoms with Gasteiger partial charge in [0.1, 0.15) is 6.04 Å². The van der Waals surface area contributed by atoms with E-state index in [1.54, 1.807) is 6.92 Å². The first-order valence-electron chi connectivity index (χ1n) is 6.57. The number of hydrogen-bond donors (Lipinski definition) is 2. The molecule has 1 atom stereocenters. The van der Waals surface area contributed by atoms with E-state index in [4.69, 9.17) is 4.52 Å². The van der Waals surface area contributed by atoms with Crippen LogP contribution < -0.4 is 5.32 Å². The molecule has 1 aromatic heterocycles. The van der Waals surface area contributed by atoms with Crippen LogP contribution in [0.3, 0.4) is 0 Å². The number of aromatic nitrogens is 1. The molecule has 110 valence electrons. The average Bonchev–Trinajstić information content (AvgIpc) is 2.90. The number of carbonyl (C=O) groups excluding carboxylic acids is 1. The number of rotatable bonds is 6. The zero-order valence-corrected chi connectivity index (χ0v) is 11.6. The SMILES string of the molecule is Cc1cnoc1C(=O)N[C@@H](CCc1ccccc1)C(=O)O. The number of carbonyl (C=O) groups is 2. The largest absolute Gasteiger partial charge is 0.480 e. The molecule has 1 aromatic carbocycles. The van der Waals surface area contributed by atoms with Crippen molar-refractivity contribution < 1.29 is 19.2 Å². The summed E-state index contributed by atoms with van der Waals surface area (Å²) in [5.41, 5.74) is 1.59. The van der Waals surface area contributed by atoms with Crippen molar-refractivity contribution in [3.05, 3.63) is 53.4 Å². The number of carboxylic acid groups (broad SMARTS) is 1. The van der Waals surface area contributed by atoms with Crippen molar-refractivity contribution in [2.24, 2.45) is 0 Å². The van der Waals surface area contributed by atoms with Gasteiger partial charge in [-0.2, -0.15) is 0 Å². The van der Waals surface area contributed by atoms with Gasteiger partial charge < -0.3 is 14.9 Å². The Hall–Kier alpha value is -2.63. The molecule has 0 aliphatic carbocycles. The normalized spacial score (nSPS) is 11.9. The van der Waals surface area contributed by atoms with Gasteiger partial charge in [-0.15, -0.1) is 0 Å². The molecule has 0 unspecified atom stereocenters. The zero-order valence-electron chi connectivity index (χ0n) is 11.6. The third-order valence-corrected chi connectivity index (χ3v) is 3.12. The van der Waals surface area contributed by atoms with Gasteiger partial charge in [-0.1, -0.05) is 35.5 Å². The van der Waals surface area contributed by atoms with Crippen molar-refractivity contribution in [2.75, 3.05) is 0 Å². The summed E-state index contributed by atoms with van der Waals surface area (Å²) in [5.74, 6) is -1.59. The van der Waals surface area contributed by atoms with E-state index in [0.717, 1.165) is 5.56 Å². The molecule has 1 heterocycles. The number of nitrogens with one attached hydrogen (secondary N) is 1. The van der Waals surface area contributed by atoms with Crippen molar-refractivity contribution in [2.45, 2.75) is 25.8 Å². The van der Waals surface area contributed by atoms with Crippen molar-refractivity contribution in [3.8, 4) is 0 Å². The van der Waals surface area contributed by atoms with Crippen LogP contribution in [0.2, 0.25) is 0 Å². The topological polar surface area (TPSA) is 92.4 Å². The van der Waals surface area contributed by atoms with E-state index >= 15 is 0 Å². The van der Waals surface area contributed by atoms with Crippen LogP contribution in [0.25, 0.3) is 0 Å². The Labute approximate surface area is 121 Å². The van der Waals surface area contributed by atoms with Crippen LogP contribution in [-0.2, 0) is 11.2 Å². The van der Waals surface area contributed by atoms with E-state index in [1.165, 1.54) is 6.20 Å². The van der Waals surface area contributed by atoms with Gasteiger partial charge in [0, 0.05) is 5.56 Å². The van der Waals surface area contributed by atoms with Crippen LogP contribution in [0.5, 0.6) is 0 Å². The molecule has 2 N–H and O–H groups in total. The Morgan fingerprint density at radius 3 is 2.62 bits per heavy atom. The number of hydrogen-bond acceptors (Lipinski definition) is 4. The number of amides is 1. The Morgan fingerprint density at radius 2 is 2.05 bits per heavy atom. The van der Waals surface area contributed by atoms with Gasteiger partial charge in [0.05, 0.1) is 6.20 Å². The van der Waals surface area contributed by atoms with E-state index in [-0.39, 0.29) is 5.76 Å². The molecule has 0 spiro atoms. The molecule has 0 radical (unpaired) electrons. The lowest BCUT2D eigenvalue weighted by molar-refractivity contribution is -0.139. The van der Waals surface area contributed by atoms with Crippen LogP contribution in [0.4, 0.5) is 0 Å². The number of carboxylic acids is 1. The standard InChI is InChI=1S/C15H16N2O4/c1-10-9-16-21-13(10)14(18)17-12(15(19)20)8-7-11-5-3-2-4-6-11/h2-6,9,12H,7-8H2,1H3,(H,17,18)(H,19,20)/t12-/m0/s1. The van der Waals surface area contributed by atoms with Gasteiger partial charge in [0.2, 0.25) is 5.76 Å². The summed E-state index contributed by atoms with van der Waals surface area (Å²) >= 11 is 0. The molecule has 6 nitrogen and oxygen atoms in total. The van der Waals surface area contributed by atoms with Crippen molar-refractivity contribution in [1.29, 1.82) is 0 Å². The molecule has 0 aliphatic rings. The minimum atomic E-state index is -1.07. The quantitative estimate of drug-likeness (QED) is 0.845. The molecule has 21 heavy (non-hydrogen) atoms. The van der Waals surface area contributed by atoms with E-state index in [0.29, 0.717) is 18.4 Å². The first-order chi connectivity index (χ1) is 10.1. The maximum Gasteiger partial charge on any atom is 0.326 e. The maximum atomic E-state index is 11.9. The maximum absolute atomic E-state index is 11.9. The van der Waals surface area contributed by atoms with Crippen LogP contribution in [0, 0.1) is 6.92 Å². The van der Waals surface area contributed by atoms with E-state index < -0.39 is 17.9 Å². The summed E-state index contributed by atoms with van der Waals surface area (Å²) < 4.78 is 4.81. The molecule has 0 bridgehead atoms. The van der Waals surface area contributed by atoms with Gasteiger partial charge in [0.25, 0.3) is 5.91 Å². The highest BCUT2D eigenvalue weighted by Gasteiger charge is 2.23. The predicted molar refractivity (Wildman–Crippen MR) is 74.9 cm³/mol. The van der Waals surface area contributed by atoms with Gasteiger partial charge in [0.15, 0.2) is 0 Å². The lowest BCUT2D eigenvalue weighted by atomic mass is 10.1. The summed E-state index contributed by atoms with van der Waals surface area (Å²) in [6.45, 7) is 1.67. The fraction of sp³-hybridized carbons (Fsp3) is 0.267. The number of aliphatic carboxylic acids is 1. The van der Waals surface area contributed by atoms with Crippen LogP contribution in [0.1, 0.15) is 28.1 Å². The van der Waals surface area contributed by atoms with Crippen molar-refractivity contribution in [1.82, 2.24) is 10.5 Å². The fourth-order valence-corrected chi connectivity index (χ4v) is 1.95. The highest BCUT2D eigenvalue weighted by atomic mass is 16.5. The van der Waals surface area contributed by atoms with Crippen molar-refractivity contribution >= 4 is 11.9 Å². The van der Waals surface area contributed by atoms with E-state index in [2.05, 4.69) is 10.5 Å². The predicted octanol–water partition coefficient (Wildman–Crippen LogP) is 1.80. The summed E-state index contributed by atoms with van der Waals surface area (Å²) in [4.78, 5) is 23.2. The lowest BCUT2D eigenvalue weighted by Crippen LogP contribution is -2.41. The Morgan fingerprint density at radius 1 is 1.33 bits per heavy atom. The molecule has 1 amide bonds. The number of benzene rings is 1. The molecule has 0 fully saturated rings. The second-order valence-corrected chi connectivity index (χ2v) is 4.73. The first kappa shape index (κ1) is 14.8. The average molecular weight is 288 g/mol. The smallest absolute Gasteiger partial charge is 0.326 e. The summed E-state index contributed by atoms with van der Waals surface area (Å²) in [6.07, 6.45) is 2.28. The second kappa shape index (κ2) is 6.69. The van der Waals surface area contributed by atoms with Gasteiger partial charge >= 0.3 is 5.97 Å². The summed E-state index contributed by atoms with van der Waals surface area (Å²) in [6, 6.07) is 8.54. The summed E-state index contributed by atoms with van der Waals surface area (Å²) in [7, 11) is 0. The van der Waals surface area contributed by atoms with Gasteiger partial charge in [-0.3, -0.25) is 4.79 Å². The minimum Gasteiger partial charge on any atom is -0.480 e. The molecule has 2 rings (SSSR count). The lowest BCUT2D eigenvalue weighted by Gasteiger charge is -2.13. The van der Waals surface area contributed by atoms with Gasteiger partial charge in [-0.05, 0) is 25.3 Å². The molecule has 0 aliphatic heterocycles. The monoisotopic (exact) mass is 288 g/mol.